The smallest absolute Gasteiger partial charge is 0.249 e. The van der Waals surface area contributed by atoms with Crippen molar-refractivity contribution in [2.45, 2.75) is 26.3 Å². The minimum atomic E-state index is -0.715. The molecule has 176 valence electrons. The Hall–Kier alpha value is -2.90. The van der Waals surface area contributed by atoms with Gasteiger partial charge in [0.2, 0.25) is 17.7 Å². The first kappa shape index (κ1) is 24.7. The van der Waals surface area contributed by atoms with Gasteiger partial charge >= 0.3 is 0 Å². The molecule has 3 rings (SSSR count). The van der Waals surface area contributed by atoms with E-state index in [4.69, 9.17) is 11.6 Å². The van der Waals surface area contributed by atoms with Crippen molar-refractivity contribution >= 4 is 35.0 Å². The zero-order valence-electron chi connectivity index (χ0n) is 19.1. The van der Waals surface area contributed by atoms with Crippen molar-refractivity contribution in [1.82, 2.24) is 15.1 Å². The molecular formula is C25H31ClN4O3. The molecule has 7 nitrogen and oxygen atoms in total. The fraction of sp³-hybridized carbons (Fsp3) is 0.400. The number of carbonyl (C=O) groups excluding carboxylic acids is 3. The van der Waals surface area contributed by atoms with Crippen LogP contribution in [0.15, 0.2) is 54.6 Å². The number of anilines is 1. The second-order valence-corrected chi connectivity index (χ2v) is 9.05. The van der Waals surface area contributed by atoms with Crippen molar-refractivity contribution in [3.63, 3.8) is 0 Å². The van der Waals surface area contributed by atoms with Crippen LogP contribution in [0.5, 0.6) is 0 Å². The fourth-order valence-corrected chi connectivity index (χ4v) is 3.97. The largest absolute Gasteiger partial charge is 0.341 e. The number of para-hydroxylation sites is 1. The van der Waals surface area contributed by atoms with Crippen LogP contribution in [0.2, 0.25) is 5.02 Å². The normalized spacial score (nSPS) is 15.2. The predicted octanol–water partition coefficient (Wildman–Crippen LogP) is 3.33. The third-order valence-corrected chi connectivity index (χ3v) is 5.81. The molecule has 2 aromatic carbocycles. The Labute approximate surface area is 200 Å². The summed E-state index contributed by atoms with van der Waals surface area (Å²) in [5, 5.41) is 6.24. The number of halogens is 1. The molecule has 0 aromatic heterocycles. The first-order valence-corrected chi connectivity index (χ1v) is 11.6. The monoisotopic (exact) mass is 470 g/mol. The maximum Gasteiger partial charge on any atom is 0.249 e. The van der Waals surface area contributed by atoms with Crippen LogP contribution in [0.1, 0.15) is 31.9 Å². The molecular weight excluding hydrogens is 440 g/mol. The Bertz CT molecular complexity index is 959. The second kappa shape index (κ2) is 11.8. The van der Waals surface area contributed by atoms with E-state index in [2.05, 4.69) is 10.6 Å². The highest BCUT2D eigenvalue weighted by molar-refractivity contribution is 6.33. The van der Waals surface area contributed by atoms with E-state index in [1.54, 1.807) is 17.0 Å². The van der Waals surface area contributed by atoms with Gasteiger partial charge in [-0.25, -0.2) is 0 Å². The van der Waals surface area contributed by atoms with E-state index in [0.717, 1.165) is 5.56 Å². The van der Waals surface area contributed by atoms with Crippen molar-refractivity contribution in [1.29, 1.82) is 0 Å². The van der Waals surface area contributed by atoms with E-state index in [1.807, 2.05) is 61.2 Å². The lowest BCUT2D eigenvalue weighted by Gasteiger charge is -2.36. The summed E-state index contributed by atoms with van der Waals surface area (Å²) < 4.78 is 0. The molecule has 8 heteroatoms. The van der Waals surface area contributed by atoms with E-state index in [9.17, 15) is 14.4 Å². The number of amides is 3. The lowest BCUT2D eigenvalue weighted by molar-refractivity contribution is -0.138. The number of carbonyl (C=O) groups is 3. The summed E-state index contributed by atoms with van der Waals surface area (Å²) in [5.41, 5.74) is 1.35. The van der Waals surface area contributed by atoms with Gasteiger partial charge in [0.1, 0.15) is 6.04 Å². The Morgan fingerprint density at radius 1 is 0.909 bits per heavy atom. The van der Waals surface area contributed by atoms with Gasteiger partial charge in [0.15, 0.2) is 0 Å². The van der Waals surface area contributed by atoms with E-state index in [1.165, 1.54) is 0 Å². The molecule has 3 amide bonds. The molecule has 0 spiro atoms. The van der Waals surface area contributed by atoms with Gasteiger partial charge in [-0.3, -0.25) is 19.3 Å². The first-order valence-electron chi connectivity index (χ1n) is 11.2. The minimum absolute atomic E-state index is 0.126. The second-order valence-electron chi connectivity index (χ2n) is 8.64. The average molecular weight is 471 g/mol. The standard InChI is InChI=1S/C25H31ClN4O3/c1-18(2)16-22(31)28-24(19-8-4-3-5-9-19)25(33)30-14-12-29(13-15-30)17-23(32)27-21-11-7-6-10-20(21)26/h3-11,18,24H,12-17H2,1-2H3,(H,27,32)(H,28,31). The molecule has 1 aliphatic heterocycles. The predicted molar refractivity (Wildman–Crippen MR) is 130 cm³/mol. The van der Waals surface area contributed by atoms with Crippen LogP contribution in [0.3, 0.4) is 0 Å². The summed E-state index contributed by atoms with van der Waals surface area (Å²) in [4.78, 5) is 41.9. The molecule has 2 aromatic rings. The van der Waals surface area contributed by atoms with Crippen molar-refractivity contribution in [3.05, 3.63) is 65.2 Å². The Kier molecular flexibility index (Phi) is 8.86. The summed E-state index contributed by atoms with van der Waals surface area (Å²) in [6.45, 7) is 6.29. The number of piperazine rings is 1. The summed E-state index contributed by atoms with van der Waals surface area (Å²) in [7, 11) is 0. The van der Waals surface area contributed by atoms with Gasteiger partial charge in [0.05, 0.1) is 17.3 Å². The van der Waals surface area contributed by atoms with Gasteiger partial charge in [0.25, 0.3) is 0 Å². The van der Waals surface area contributed by atoms with E-state index in [0.29, 0.717) is 43.3 Å². The fourth-order valence-electron chi connectivity index (χ4n) is 3.79. The average Bonchev–Trinajstić information content (AvgIpc) is 2.79. The van der Waals surface area contributed by atoms with Crippen LogP contribution in [0.25, 0.3) is 0 Å². The Balaban J connectivity index is 1.57. The zero-order chi connectivity index (χ0) is 23.8. The van der Waals surface area contributed by atoms with Gasteiger partial charge in [-0.2, -0.15) is 0 Å². The van der Waals surface area contributed by atoms with Crippen molar-refractivity contribution in [2.75, 3.05) is 38.0 Å². The minimum Gasteiger partial charge on any atom is -0.341 e. The molecule has 2 N–H and O–H groups in total. The summed E-state index contributed by atoms with van der Waals surface area (Å²) >= 11 is 6.11. The number of hydrogen-bond acceptors (Lipinski definition) is 4. The third kappa shape index (κ3) is 7.30. The Morgan fingerprint density at radius 3 is 2.18 bits per heavy atom. The van der Waals surface area contributed by atoms with Gasteiger partial charge in [0, 0.05) is 32.6 Å². The van der Waals surface area contributed by atoms with Crippen molar-refractivity contribution in [3.8, 4) is 0 Å². The van der Waals surface area contributed by atoms with Crippen LogP contribution in [0.4, 0.5) is 5.69 Å². The number of rotatable bonds is 8. The van der Waals surface area contributed by atoms with Crippen LogP contribution in [-0.4, -0.2) is 60.2 Å². The molecule has 0 bridgehead atoms. The molecule has 1 unspecified atom stereocenters. The summed E-state index contributed by atoms with van der Waals surface area (Å²) in [6, 6.07) is 15.7. The summed E-state index contributed by atoms with van der Waals surface area (Å²) in [5.74, 6) is -0.205. The third-order valence-electron chi connectivity index (χ3n) is 5.48. The van der Waals surface area contributed by atoms with Crippen LogP contribution in [0, 0.1) is 5.92 Å². The van der Waals surface area contributed by atoms with Gasteiger partial charge in [-0.05, 0) is 23.6 Å². The molecule has 1 heterocycles. The molecule has 0 saturated carbocycles. The van der Waals surface area contributed by atoms with Crippen molar-refractivity contribution < 1.29 is 14.4 Å². The number of hydrogen-bond donors (Lipinski definition) is 2. The molecule has 1 atom stereocenters. The van der Waals surface area contributed by atoms with Crippen LogP contribution < -0.4 is 10.6 Å². The molecule has 0 aliphatic carbocycles. The lowest BCUT2D eigenvalue weighted by atomic mass is 10.0. The topological polar surface area (TPSA) is 81.8 Å². The highest BCUT2D eigenvalue weighted by Crippen LogP contribution is 2.21. The number of nitrogens with zero attached hydrogens (tertiary/aromatic N) is 2. The highest BCUT2D eigenvalue weighted by atomic mass is 35.5. The molecule has 1 fully saturated rings. The lowest BCUT2D eigenvalue weighted by Crippen LogP contribution is -2.53. The molecule has 1 aliphatic rings. The van der Waals surface area contributed by atoms with Crippen LogP contribution in [-0.2, 0) is 14.4 Å². The van der Waals surface area contributed by atoms with Gasteiger partial charge in [-0.1, -0.05) is 67.9 Å². The Morgan fingerprint density at radius 2 is 1.55 bits per heavy atom. The maximum absolute atomic E-state index is 13.3. The van der Waals surface area contributed by atoms with Crippen LogP contribution >= 0.6 is 11.6 Å². The maximum atomic E-state index is 13.3. The SMILES string of the molecule is CC(C)CC(=O)NC(C(=O)N1CCN(CC(=O)Nc2ccccc2Cl)CC1)c1ccccc1. The molecule has 33 heavy (non-hydrogen) atoms. The number of benzene rings is 2. The van der Waals surface area contributed by atoms with E-state index < -0.39 is 6.04 Å². The number of nitrogens with one attached hydrogen (secondary N) is 2. The van der Waals surface area contributed by atoms with Gasteiger partial charge < -0.3 is 15.5 Å². The molecule has 0 radical (unpaired) electrons. The van der Waals surface area contributed by atoms with E-state index in [-0.39, 0.29) is 30.2 Å². The molecule has 1 saturated heterocycles. The van der Waals surface area contributed by atoms with Gasteiger partial charge in [-0.15, -0.1) is 0 Å². The van der Waals surface area contributed by atoms with E-state index >= 15 is 0 Å². The highest BCUT2D eigenvalue weighted by Gasteiger charge is 2.30. The zero-order valence-corrected chi connectivity index (χ0v) is 19.8. The quantitative estimate of drug-likeness (QED) is 0.620. The summed E-state index contributed by atoms with van der Waals surface area (Å²) in [6.07, 6.45) is 0.366. The van der Waals surface area contributed by atoms with Crippen molar-refractivity contribution in [2.24, 2.45) is 5.92 Å². The first-order chi connectivity index (χ1) is 15.8.